The number of H-pyrrole nitrogens is 1. The van der Waals surface area contributed by atoms with E-state index in [9.17, 15) is 4.79 Å². The normalized spacial score (nSPS) is 10.4. The fraction of sp³-hybridized carbons (Fsp3) is 0.111. The van der Waals surface area contributed by atoms with Crippen LogP contribution >= 0.6 is 15.9 Å². The van der Waals surface area contributed by atoms with Gasteiger partial charge in [-0.2, -0.15) is 0 Å². The lowest BCUT2D eigenvalue weighted by Gasteiger charge is -1.98. The summed E-state index contributed by atoms with van der Waals surface area (Å²) in [7, 11) is 1.58. The molecule has 2 heterocycles. The maximum absolute atomic E-state index is 11.3. The van der Waals surface area contributed by atoms with E-state index in [0.717, 1.165) is 9.86 Å². The molecule has 72 valence electrons. The van der Waals surface area contributed by atoms with Crippen LogP contribution < -0.4 is 5.32 Å². The van der Waals surface area contributed by atoms with E-state index >= 15 is 0 Å². The van der Waals surface area contributed by atoms with Gasteiger partial charge in [0.1, 0.15) is 11.3 Å². The van der Waals surface area contributed by atoms with Crippen molar-refractivity contribution in [3.63, 3.8) is 0 Å². The standard InChI is InChI=1S/C9H8BrN3O/c1-11-9(14)7-3-2-5-6(10)4-12-8(5)13-7/h2-4H,1H3,(H,11,14)(H,12,13). The van der Waals surface area contributed by atoms with E-state index in [4.69, 9.17) is 0 Å². The number of nitrogens with zero attached hydrogens (tertiary/aromatic N) is 1. The van der Waals surface area contributed by atoms with Crippen molar-refractivity contribution < 1.29 is 4.79 Å². The van der Waals surface area contributed by atoms with Crippen LogP contribution in [0.2, 0.25) is 0 Å². The minimum Gasteiger partial charge on any atom is -0.354 e. The second kappa shape index (κ2) is 3.42. The molecule has 0 aliphatic rings. The highest BCUT2D eigenvalue weighted by Gasteiger charge is 2.07. The third kappa shape index (κ3) is 1.39. The fourth-order valence-corrected chi connectivity index (χ4v) is 1.66. The Labute approximate surface area is 88.9 Å². The van der Waals surface area contributed by atoms with E-state index in [1.54, 1.807) is 19.3 Å². The van der Waals surface area contributed by atoms with Gasteiger partial charge in [-0.1, -0.05) is 0 Å². The second-order valence-electron chi connectivity index (χ2n) is 2.81. The van der Waals surface area contributed by atoms with Crippen LogP contribution in [0.3, 0.4) is 0 Å². The van der Waals surface area contributed by atoms with Gasteiger partial charge >= 0.3 is 0 Å². The zero-order chi connectivity index (χ0) is 10.1. The molecule has 2 aromatic rings. The maximum atomic E-state index is 11.3. The molecule has 1 amide bonds. The van der Waals surface area contributed by atoms with Crippen molar-refractivity contribution in [2.75, 3.05) is 7.05 Å². The molecule has 14 heavy (non-hydrogen) atoms. The molecular formula is C9H8BrN3O. The van der Waals surface area contributed by atoms with Gasteiger partial charge in [-0.05, 0) is 28.1 Å². The first kappa shape index (κ1) is 9.21. The van der Waals surface area contributed by atoms with Crippen LogP contribution in [0.15, 0.2) is 22.8 Å². The van der Waals surface area contributed by atoms with E-state index in [1.807, 2.05) is 6.07 Å². The molecule has 0 unspecified atom stereocenters. The lowest BCUT2D eigenvalue weighted by Crippen LogP contribution is -2.18. The van der Waals surface area contributed by atoms with E-state index in [1.165, 1.54) is 0 Å². The number of rotatable bonds is 1. The molecule has 2 aromatic heterocycles. The minimum atomic E-state index is -0.183. The number of carbonyl (C=O) groups is 1. The van der Waals surface area contributed by atoms with Gasteiger partial charge in [0, 0.05) is 23.1 Å². The highest BCUT2D eigenvalue weighted by Crippen LogP contribution is 2.21. The van der Waals surface area contributed by atoms with Gasteiger partial charge < -0.3 is 10.3 Å². The SMILES string of the molecule is CNC(=O)c1ccc2c(Br)c[nH]c2n1. The number of hydrogen-bond acceptors (Lipinski definition) is 2. The van der Waals surface area contributed by atoms with Gasteiger partial charge in [-0.3, -0.25) is 4.79 Å². The highest BCUT2D eigenvalue weighted by atomic mass is 79.9. The van der Waals surface area contributed by atoms with E-state index in [-0.39, 0.29) is 5.91 Å². The van der Waals surface area contributed by atoms with Crippen LogP contribution in [-0.4, -0.2) is 22.9 Å². The predicted octanol–water partition coefficient (Wildman–Crippen LogP) is 1.69. The third-order valence-corrected chi connectivity index (χ3v) is 2.60. The first-order valence-electron chi connectivity index (χ1n) is 4.08. The summed E-state index contributed by atoms with van der Waals surface area (Å²) in [5, 5.41) is 3.50. The quantitative estimate of drug-likeness (QED) is 0.813. The number of amides is 1. The highest BCUT2D eigenvalue weighted by molar-refractivity contribution is 9.10. The van der Waals surface area contributed by atoms with Crippen molar-refractivity contribution in [2.45, 2.75) is 0 Å². The lowest BCUT2D eigenvalue weighted by atomic mass is 10.3. The van der Waals surface area contributed by atoms with Crippen LogP contribution in [0.1, 0.15) is 10.5 Å². The number of nitrogens with one attached hydrogen (secondary N) is 2. The first-order valence-corrected chi connectivity index (χ1v) is 4.87. The van der Waals surface area contributed by atoms with Crippen molar-refractivity contribution in [1.82, 2.24) is 15.3 Å². The Hall–Kier alpha value is -1.36. The molecule has 0 radical (unpaired) electrons. The molecule has 0 saturated heterocycles. The minimum absolute atomic E-state index is 0.183. The number of halogens is 1. The summed E-state index contributed by atoms with van der Waals surface area (Å²) in [5.74, 6) is -0.183. The third-order valence-electron chi connectivity index (χ3n) is 1.95. The monoisotopic (exact) mass is 253 g/mol. The smallest absolute Gasteiger partial charge is 0.269 e. The summed E-state index contributed by atoms with van der Waals surface area (Å²) in [4.78, 5) is 18.4. The number of aromatic amines is 1. The van der Waals surface area contributed by atoms with Crippen LogP contribution in [0.4, 0.5) is 0 Å². The van der Waals surface area contributed by atoms with Crippen molar-refractivity contribution in [2.24, 2.45) is 0 Å². The molecule has 0 atom stereocenters. The summed E-state index contributed by atoms with van der Waals surface area (Å²) in [6.45, 7) is 0. The first-order chi connectivity index (χ1) is 6.72. The zero-order valence-electron chi connectivity index (χ0n) is 7.47. The van der Waals surface area contributed by atoms with Crippen LogP contribution in [0, 0.1) is 0 Å². The molecule has 0 bridgehead atoms. The fourth-order valence-electron chi connectivity index (χ4n) is 1.23. The topological polar surface area (TPSA) is 57.8 Å². The van der Waals surface area contributed by atoms with Crippen molar-refractivity contribution >= 4 is 32.9 Å². The van der Waals surface area contributed by atoms with E-state index in [2.05, 4.69) is 31.2 Å². The molecule has 2 N–H and O–H groups in total. The zero-order valence-corrected chi connectivity index (χ0v) is 9.05. The Morgan fingerprint density at radius 2 is 2.36 bits per heavy atom. The van der Waals surface area contributed by atoms with E-state index in [0.29, 0.717) is 11.3 Å². The Morgan fingerprint density at radius 1 is 1.57 bits per heavy atom. The van der Waals surface area contributed by atoms with Gasteiger partial charge in [0.15, 0.2) is 0 Å². The van der Waals surface area contributed by atoms with Crippen molar-refractivity contribution in [3.05, 3.63) is 28.5 Å². The number of hydrogen-bond donors (Lipinski definition) is 2. The molecule has 0 fully saturated rings. The average molecular weight is 254 g/mol. The molecule has 0 aromatic carbocycles. The number of carbonyl (C=O) groups excluding carboxylic acids is 1. The average Bonchev–Trinajstić information content (AvgIpc) is 2.59. The maximum Gasteiger partial charge on any atom is 0.269 e. The number of pyridine rings is 1. The molecular weight excluding hydrogens is 246 g/mol. The van der Waals surface area contributed by atoms with Crippen LogP contribution in [0.5, 0.6) is 0 Å². The molecule has 0 spiro atoms. The molecule has 2 rings (SSSR count). The van der Waals surface area contributed by atoms with Crippen LogP contribution in [0.25, 0.3) is 11.0 Å². The Morgan fingerprint density at radius 3 is 3.07 bits per heavy atom. The number of aromatic nitrogens is 2. The molecule has 0 saturated carbocycles. The molecule has 0 aliphatic carbocycles. The van der Waals surface area contributed by atoms with Gasteiger partial charge in [-0.25, -0.2) is 4.98 Å². The summed E-state index contributed by atoms with van der Waals surface area (Å²) >= 11 is 3.37. The Balaban J connectivity index is 2.57. The summed E-state index contributed by atoms with van der Waals surface area (Å²) in [6, 6.07) is 3.55. The van der Waals surface area contributed by atoms with Gasteiger partial charge in [0.25, 0.3) is 5.91 Å². The van der Waals surface area contributed by atoms with Crippen molar-refractivity contribution in [1.29, 1.82) is 0 Å². The van der Waals surface area contributed by atoms with Gasteiger partial charge in [-0.15, -0.1) is 0 Å². The second-order valence-corrected chi connectivity index (χ2v) is 3.66. The summed E-state index contributed by atoms with van der Waals surface area (Å²) < 4.78 is 0.948. The largest absolute Gasteiger partial charge is 0.354 e. The van der Waals surface area contributed by atoms with Crippen molar-refractivity contribution in [3.8, 4) is 0 Å². The predicted molar refractivity (Wildman–Crippen MR) is 57.2 cm³/mol. The van der Waals surface area contributed by atoms with Gasteiger partial charge in [0.05, 0.1) is 0 Å². The Bertz CT molecular complexity index is 492. The summed E-state index contributed by atoms with van der Waals surface area (Å²) in [5.41, 5.74) is 1.12. The molecule has 4 nitrogen and oxygen atoms in total. The lowest BCUT2D eigenvalue weighted by molar-refractivity contribution is 0.0958. The van der Waals surface area contributed by atoms with Gasteiger partial charge in [0.2, 0.25) is 0 Å². The number of fused-ring (bicyclic) bond motifs is 1. The molecule has 0 aliphatic heterocycles. The Kier molecular flexibility index (Phi) is 2.25. The molecule has 5 heteroatoms. The van der Waals surface area contributed by atoms with E-state index < -0.39 is 0 Å². The summed E-state index contributed by atoms with van der Waals surface area (Å²) in [6.07, 6.45) is 1.80. The van der Waals surface area contributed by atoms with Crippen LogP contribution in [-0.2, 0) is 0 Å².